The molecule has 0 saturated heterocycles. The highest BCUT2D eigenvalue weighted by atomic mass is 32.1. The minimum Gasteiger partial charge on any atom is -0.497 e. The number of rotatable bonds is 7. The third-order valence-corrected chi connectivity index (χ3v) is 4.93. The molecule has 0 saturated carbocycles. The Balaban J connectivity index is 1.31. The number of hydrogen-bond donors (Lipinski definition) is 2. The van der Waals surface area contributed by atoms with Crippen molar-refractivity contribution in [2.24, 2.45) is 0 Å². The first-order valence-electron chi connectivity index (χ1n) is 9.89. The van der Waals surface area contributed by atoms with Crippen LogP contribution in [-0.4, -0.2) is 31.8 Å². The summed E-state index contributed by atoms with van der Waals surface area (Å²) in [7, 11) is 1.66. The molecule has 0 bridgehead atoms. The van der Waals surface area contributed by atoms with E-state index in [4.69, 9.17) is 17.0 Å². The number of nitrogens with one attached hydrogen (secondary N) is 2. The van der Waals surface area contributed by atoms with Crippen molar-refractivity contribution in [2.45, 2.75) is 20.0 Å². The van der Waals surface area contributed by atoms with Crippen molar-refractivity contribution in [3.05, 3.63) is 90.0 Å². The Labute approximate surface area is 186 Å². The summed E-state index contributed by atoms with van der Waals surface area (Å²) in [4.78, 5) is 0. The maximum Gasteiger partial charge on any atom is 0.175 e. The lowest BCUT2D eigenvalue weighted by molar-refractivity contribution is 0.414. The van der Waals surface area contributed by atoms with E-state index >= 15 is 0 Å². The molecule has 8 heteroatoms. The molecule has 0 amide bonds. The second-order valence-corrected chi connectivity index (χ2v) is 7.68. The van der Waals surface area contributed by atoms with E-state index in [1.165, 1.54) is 11.1 Å². The monoisotopic (exact) mass is 432 g/mol. The SMILES string of the molecule is COc1cccc(Cn2cc(NC(=S)Nc3cnn(Cc4ccc(C)cc4)c3)cn2)c1. The predicted octanol–water partition coefficient (Wildman–Crippen LogP) is 4.30. The van der Waals surface area contributed by atoms with Crippen LogP contribution in [-0.2, 0) is 13.1 Å². The molecule has 0 aliphatic rings. The Bertz CT molecular complexity index is 1160. The summed E-state index contributed by atoms with van der Waals surface area (Å²) >= 11 is 5.43. The van der Waals surface area contributed by atoms with Gasteiger partial charge in [0.05, 0.1) is 44.0 Å². The molecule has 0 spiro atoms. The molecule has 7 nitrogen and oxygen atoms in total. The van der Waals surface area contributed by atoms with Gasteiger partial charge in [-0.25, -0.2) is 0 Å². The van der Waals surface area contributed by atoms with Gasteiger partial charge in [-0.2, -0.15) is 10.2 Å². The Morgan fingerprint density at radius 1 is 0.903 bits per heavy atom. The van der Waals surface area contributed by atoms with Crippen LogP contribution in [0.3, 0.4) is 0 Å². The average Bonchev–Trinajstić information content (AvgIpc) is 3.39. The van der Waals surface area contributed by atoms with Crippen LogP contribution in [0.1, 0.15) is 16.7 Å². The first-order chi connectivity index (χ1) is 15.1. The van der Waals surface area contributed by atoms with E-state index in [0.29, 0.717) is 18.2 Å². The number of nitrogens with zero attached hydrogens (tertiary/aromatic N) is 4. The minimum atomic E-state index is 0.482. The number of anilines is 2. The summed E-state index contributed by atoms with van der Waals surface area (Å²) in [5, 5.41) is 15.6. The van der Waals surface area contributed by atoms with Gasteiger partial charge >= 0.3 is 0 Å². The molecule has 4 rings (SSSR count). The minimum absolute atomic E-state index is 0.482. The van der Waals surface area contributed by atoms with Crippen LogP contribution < -0.4 is 15.4 Å². The zero-order valence-corrected chi connectivity index (χ0v) is 18.3. The van der Waals surface area contributed by atoms with Gasteiger partial charge in [-0.15, -0.1) is 0 Å². The standard InChI is InChI=1S/C23H24N6OS/c1-17-6-8-18(9-7-17)13-28-15-20(11-24-28)26-23(31)27-21-12-25-29(16-21)14-19-4-3-5-22(10-19)30-2/h3-12,15-16H,13-14H2,1-2H3,(H2,26,27,31). The summed E-state index contributed by atoms with van der Waals surface area (Å²) in [6.45, 7) is 3.43. The van der Waals surface area contributed by atoms with Crippen LogP contribution in [0.15, 0.2) is 73.3 Å². The van der Waals surface area contributed by atoms with Crippen molar-refractivity contribution >= 4 is 28.7 Å². The second kappa shape index (κ2) is 9.44. The normalized spacial score (nSPS) is 10.6. The van der Waals surface area contributed by atoms with Crippen LogP contribution in [0.2, 0.25) is 0 Å². The highest BCUT2D eigenvalue weighted by molar-refractivity contribution is 7.80. The molecule has 2 N–H and O–H groups in total. The van der Waals surface area contributed by atoms with Gasteiger partial charge in [0.25, 0.3) is 0 Å². The number of aryl methyl sites for hydroxylation is 1. The van der Waals surface area contributed by atoms with E-state index in [0.717, 1.165) is 22.7 Å². The molecular formula is C23H24N6OS. The molecule has 2 aromatic carbocycles. The van der Waals surface area contributed by atoms with Gasteiger partial charge < -0.3 is 15.4 Å². The molecule has 0 fully saturated rings. The lowest BCUT2D eigenvalue weighted by atomic mass is 10.1. The molecule has 0 aliphatic heterocycles. The molecule has 0 aliphatic carbocycles. The predicted molar refractivity (Wildman–Crippen MR) is 127 cm³/mol. The van der Waals surface area contributed by atoms with Gasteiger partial charge in [0, 0.05) is 12.4 Å². The smallest absolute Gasteiger partial charge is 0.175 e. The Morgan fingerprint density at radius 3 is 2.13 bits per heavy atom. The fourth-order valence-corrected chi connectivity index (χ4v) is 3.40. The van der Waals surface area contributed by atoms with Crippen LogP contribution >= 0.6 is 12.2 Å². The second-order valence-electron chi connectivity index (χ2n) is 7.27. The van der Waals surface area contributed by atoms with Gasteiger partial charge in [0.1, 0.15) is 5.75 Å². The Morgan fingerprint density at radius 2 is 1.52 bits per heavy atom. The zero-order chi connectivity index (χ0) is 21.6. The van der Waals surface area contributed by atoms with Gasteiger partial charge in [0.2, 0.25) is 0 Å². The molecule has 0 radical (unpaired) electrons. The molecule has 0 unspecified atom stereocenters. The number of methoxy groups -OCH3 is 1. The van der Waals surface area contributed by atoms with Gasteiger partial charge in [-0.3, -0.25) is 9.36 Å². The van der Waals surface area contributed by atoms with Crippen molar-refractivity contribution in [1.82, 2.24) is 19.6 Å². The molecule has 31 heavy (non-hydrogen) atoms. The van der Waals surface area contributed by atoms with E-state index in [1.54, 1.807) is 19.5 Å². The Hall–Kier alpha value is -3.65. The van der Waals surface area contributed by atoms with E-state index < -0.39 is 0 Å². The van der Waals surface area contributed by atoms with E-state index in [-0.39, 0.29) is 0 Å². The number of aromatic nitrogens is 4. The maximum absolute atomic E-state index is 5.43. The fraction of sp³-hybridized carbons (Fsp3) is 0.174. The largest absolute Gasteiger partial charge is 0.497 e. The third kappa shape index (κ3) is 5.70. The van der Waals surface area contributed by atoms with Crippen molar-refractivity contribution < 1.29 is 4.74 Å². The molecule has 2 heterocycles. The van der Waals surface area contributed by atoms with Gasteiger partial charge in [-0.05, 0) is 42.4 Å². The summed E-state index contributed by atoms with van der Waals surface area (Å²) in [5.74, 6) is 0.830. The lowest BCUT2D eigenvalue weighted by Gasteiger charge is -2.07. The summed E-state index contributed by atoms with van der Waals surface area (Å²) in [6, 6.07) is 16.4. The van der Waals surface area contributed by atoms with Crippen molar-refractivity contribution in [2.75, 3.05) is 17.7 Å². The van der Waals surface area contributed by atoms with Gasteiger partial charge in [0.15, 0.2) is 5.11 Å². The highest BCUT2D eigenvalue weighted by Gasteiger charge is 2.06. The van der Waals surface area contributed by atoms with E-state index in [9.17, 15) is 0 Å². The summed E-state index contributed by atoms with van der Waals surface area (Å²) in [6.07, 6.45) is 7.34. The molecule has 2 aromatic heterocycles. The average molecular weight is 433 g/mol. The highest BCUT2D eigenvalue weighted by Crippen LogP contribution is 2.15. The van der Waals surface area contributed by atoms with E-state index in [1.807, 2.05) is 46.0 Å². The lowest BCUT2D eigenvalue weighted by Crippen LogP contribution is -2.18. The quantitative estimate of drug-likeness (QED) is 0.425. The van der Waals surface area contributed by atoms with Crippen LogP contribution in [0.25, 0.3) is 0 Å². The van der Waals surface area contributed by atoms with Crippen LogP contribution in [0.5, 0.6) is 5.75 Å². The van der Waals surface area contributed by atoms with Crippen LogP contribution in [0.4, 0.5) is 11.4 Å². The number of benzene rings is 2. The zero-order valence-electron chi connectivity index (χ0n) is 17.4. The maximum atomic E-state index is 5.43. The fourth-order valence-electron chi connectivity index (χ4n) is 3.16. The first kappa shape index (κ1) is 20.6. The summed E-state index contributed by atoms with van der Waals surface area (Å²) in [5.41, 5.74) is 5.19. The summed E-state index contributed by atoms with van der Waals surface area (Å²) < 4.78 is 9.00. The first-order valence-corrected chi connectivity index (χ1v) is 10.3. The topological polar surface area (TPSA) is 68.9 Å². The number of hydrogen-bond acceptors (Lipinski definition) is 4. The Kier molecular flexibility index (Phi) is 6.28. The van der Waals surface area contributed by atoms with Crippen molar-refractivity contribution in [3.8, 4) is 5.75 Å². The third-order valence-electron chi connectivity index (χ3n) is 4.73. The molecule has 4 aromatic rings. The van der Waals surface area contributed by atoms with Crippen molar-refractivity contribution in [1.29, 1.82) is 0 Å². The molecule has 0 atom stereocenters. The van der Waals surface area contributed by atoms with E-state index in [2.05, 4.69) is 52.0 Å². The number of thiocarbonyl (C=S) groups is 1. The molecular weight excluding hydrogens is 408 g/mol. The van der Waals surface area contributed by atoms with Gasteiger partial charge in [-0.1, -0.05) is 42.0 Å². The van der Waals surface area contributed by atoms with Crippen LogP contribution in [0, 0.1) is 6.92 Å². The number of ether oxygens (including phenoxy) is 1. The molecule has 158 valence electrons. The van der Waals surface area contributed by atoms with Crippen molar-refractivity contribution in [3.63, 3.8) is 0 Å².